The fraction of sp³-hybridized carbons (Fsp3) is 1.00. The topological polar surface area (TPSA) is 0 Å². The summed E-state index contributed by atoms with van der Waals surface area (Å²) in [4.78, 5) is 0. The van der Waals surface area contributed by atoms with Gasteiger partial charge in [-0.15, -0.1) is 0 Å². The molecule has 0 unspecified atom stereocenters. The summed E-state index contributed by atoms with van der Waals surface area (Å²) in [5.74, 6) is 0. The Labute approximate surface area is 73.5 Å². The molecule has 0 heterocycles. The first-order chi connectivity index (χ1) is 4.50. The van der Waals surface area contributed by atoms with Crippen molar-refractivity contribution in [2.24, 2.45) is 0 Å². The molecule has 0 aliphatic carbocycles. The average Bonchev–Trinajstić information content (AvgIpc) is 1.58. The second kappa shape index (κ2) is 3.46. The molecule has 0 aromatic heterocycles. The average molecular weight is 194 g/mol. The predicted octanol–water partition coefficient (Wildman–Crippen LogP) is -0.425. The van der Waals surface area contributed by atoms with Crippen LogP contribution >= 0.6 is 0 Å². The van der Waals surface area contributed by atoms with Gasteiger partial charge >= 0.3 is 37.7 Å². The normalized spacial score (nSPS) is 14.0. The van der Waals surface area contributed by atoms with Gasteiger partial charge < -0.3 is 8.63 Å². The van der Waals surface area contributed by atoms with Crippen LogP contribution in [0.25, 0.3) is 0 Å². The second-order valence-electron chi connectivity index (χ2n) is 1.75. The van der Waals surface area contributed by atoms with Gasteiger partial charge in [0.05, 0.1) is 0 Å². The van der Waals surface area contributed by atoms with Crippen LogP contribution in [0.5, 0.6) is 0 Å². The molecule has 0 aliphatic rings. The van der Waals surface area contributed by atoms with Crippen molar-refractivity contribution in [3.05, 3.63) is 0 Å². The molecule has 0 aromatic rings. The fourth-order valence-corrected chi connectivity index (χ4v) is 0.186. The van der Waals surface area contributed by atoms with Crippen molar-refractivity contribution in [3.8, 4) is 0 Å². The van der Waals surface area contributed by atoms with E-state index in [1.807, 2.05) is 0 Å². The summed E-state index contributed by atoms with van der Waals surface area (Å²) in [5, 5.41) is 0. The Morgan fingerprint density at radius 3 is 0.833 bits per heavy atom. The van der Waals surface area contributed by atoms with Crippen molar-refractivity contribution < 1.29 is 53.8 Å². The van der Waals surface area contributed by atoms with E-state index < -0.39 is 18.9 Å². The molecule has 0 bridgehead atoms. The van der Waals surface area contributed by atoms with Gasteiger partial charge in [-0.3, -0.25) is 0 Å². The first kappa shape index (κ1) is 14.6. The Kier molecular flexibility index (Phi) is 4.21. The molecule has 68 valence electrons. The number of halogens is 8. The van der Waals surface area contributed by atoms with Crippen LogP contribution in [0.3, 0.4) is 0 Å². The van der Waals surface area contributed by atoms with E-state index in [0.29, 0.717) is 0 Å². The van der Waals surface area contributed by atoms with Gasteiger partial charge in [0.15, 0.2) is 0 Å². The maximum Gasteiger partial charge on any atom is 1.00 e. The third-order valence-corrected chi connectivity index (χ3v) is 0.822. The van der Waals surface area contributed by atoms with E-state index in [1.54, 1.807) is 0 Å². The molecule has 0 saturated heterocycles. The van der Waals surface area contributed by atoms with Crippen LogP contribution < -0.4 is 18.9 Å². The van der Waals surface area contributed by atoms with Crippen molar-refractivity contribution >= 4 is 6.70 Å². The van der Waals surface area contributed by atoms with Gasteiger partial charge in [-0.25, -0.2) is 26.3 Å². The zero-order valence-corrected chi connectivity index (χ0v) is 5.60. The SMILES string of the molecule is F[B-](F)(C(F)(F)F)C(F)(F)F.[Li+]. The van der Waals surface area contributed by atoms with Gasteiger partial charge in [0.1, 0.15) is 0 Å². The molecule has 0 fully saturated rings. The van der Waals surface area contributed by atoms with Gasteiger partial charge in [-0.05, 0) is 0 Å². The van der Waals surface area contributed by atoms with Crippen LogP contribution in [-0.2, 0) is 0 Å². The molecule has 0 spiro atoms. The van der Waals surface area contributed by atoms with E-state index >= 15 is 0 Å². The minimum atomic E-state index is -7.29. The molecule has 0 rings (SSSR count). The van der Waals surface area contributed by atoms with Gasteiger partial charge in [-0.2, -0.15) is 0 Å². The van der Waals surface area contributed by atoms with E-state index in [2.05, 4.69) is 0 Å². The third-order valence-electron chi connectivity index (χ3n) is 0.822. The standard InChI is InChI=1S/C2BF8.Li/c4-1(5,6)3(10,11)2(7,8)9;/q-1;+1. The van der Waals surface area contributed by atoms with E-state index in [-0.39, 0.29) is 18.9 Å². The number of hydrogen-bond acceptors (Lipinski definition) is 0. The minimum Gasteiger partial charge on any atom is -0.465 e. The predicted molar refractivity (Wildman–Crippen MR) is 20.1 cm³/mol. The molecule has 0 atom stereocenters. The minimum absolute atomic E-state index is 0. The summed E-state index contributed by atoms with van der Waals surface area (Å²) in [6.45, 7) is -7.29. The quantitative estimate of drug-likeness (QED) is 0.362. The Balaban J connectivity index is 0. The van der Waals surface area contributed by atoms with Crippen LogP contribution in [-0.4, -0.2) is 18.9 Å². The van der Waals surface area contributed by atoms with Gasteiger partial charge in [0, 0.05) is 0 Å². The maximum atomic E-state index is 11.2. The van der Waals surface area contributed by atoms with Gasteiger partial charge in [0.25, 0.3) is 0 Å². The van der Waals surface area contributed by atoms with Gasteiger partial charge in [-0.1, -0.05) is 0 Å². The Morgan fingerprint density at radius 1 is 0.667 bits per heavy atom. The summed E-state index contributed by atoms with van der Waals surface area (Å²) < 4.78 is 87.8. The number of rotatable bonds is 0. The summed E-state index contributed by atoms with van der Waals surface area (Å²) in [7, 11) is 0. The molecule has 0 amide bonds. The molecule has 0 N–H and O–H groups in total. The summed E-state index contributed by atoms with van der Waals surface area (Å²) in [6.07, 6.45) is -13.0. The van der Waals surface area contributed by atoms with E-state index in [1.165, 1.54) is 0 Å². The van der Waals surface area contributed by atoms with Crippen molar-refractivity contribution in [1.82, 2.24) is 0 Å². The first-order valence-electron chi connectivity index (χ1n) is 2.15. The second-order valence-corrected chi connectivity index (χ2v) is 1.75. The van der Waals surface area contributed by atoms with Gasteiger partial charge in [0.2, 0.25) is 0 Å². The third kappa shape index (κ3) is 2.55. The molecular weight excluding hydrogens is 194 g/mol. The first-order valence-corrected chi connectivity index (χ1v) is 2.15. The number of hydrogen-bond donors (Lipinski definition) is 0. The molecule has 0 nitrogen and oxygen atoms in total. The largest absolute Gasteiger partial charge is 1.00 e. The Morgan fingerprint density at radius 2 is 0.833 bits per heavy atom. The summed E-state index contributed by atoms with van der Waals surface area (Å²) >= 11 is 0. The zero-order chi connectivity index (χ0) is 9.50. The van der Waals surface area contributed by atoms with E-state index in [9.17, 15) is 35.0 Å². The van der Waals surface area contributed by atoms with Crippen molar-refractivity contribution in [1.29, 1.82) is 0 Å². The van der Waals surface area contributed by atoms with Crippen LogP contribution in [0.15, 0.2) is 0 Å². The smallest absolute Gasteiger partial charge is 0.465 e. The number of alkyl halides is 6. The van der Waals surface area contributed by atoms with Crippen LogP contribution in [0.2, 0.25) is 0 Å². The molecule has 0 aromatic carbocycles. The van der Waals surface area contributed by atoms with Crippen LogP contribution in [0.4, 0.5) is 35.0 Å². The molecule has 0 saturated carbocycles. The molecule has 0 aliphatic heterocycles. The van der Waals surface area contributed by atoms with Crippen molar-refractivity contribution in [2.45, 2.75) is 12.2 Å². The van der Waals surface area contributed by atoms with Crippen molar-refractivity contribution in [2.75, 3.05) is 0 Å². The van der Waals surface area contributed by atoms with E-state index in [0.717, 1.165) is 0 Å². The summed E-state index contributed by atoms with van der Waals surface area (Å²) in [5.41, 5.74) is 0. The Hall–Kier alpha value is 0.102. The fourth-order valence-electron chi connectivity index (χ4n) is 0.186. The Bertz CT molecular complexity index is 128. The molecule has 10 heteroatoms. The monoisotopic (exact) mass is 194 g/mol. The molecule has 12 heavy (non-hydrogen) atoms. The van der Waals surface area contributed by atoms with E-state index in [4.69, 9.17) is 0 Å². The van der Waals surface area contributed by atoms with Crippen molar-refractivity contribution in [3.63, 3.8) is 0 Å². The molecule has 0 radical (unpaired) electrons. The van der Waals surface area contributed by atoms with Crippen LogP contribution in [0, 0.1) is 0 Å². The van der Waals surface area contributed by atoms with Crippen LogP contribution in [0.1, 0.15) is 0 Å². The molecular formula is C2BF8Li. The summed E-state index contributed by atoms with van der Waals surface area (Å²) in [6, 6.07) is 0. The maximum absolute atomic E-state index is 11.2. The zero-order valence-electron chi connectivity index (χ0n) is 5.60.